The Hall–Kier alpha value is -5.24. The highest BCUT2D eigenvalue weighted by molar-refractivity contribution is 6.14. The van der Waals surface area contributed by atoms with Crippen LogP contribution in [0.25, 0.3) is 65.3 Å². The van der Waals surface area contributed by atoms with E-state index in [0.717, 1.165) is 30.7 Å². The largest absolute Gasteiger partial charge is 0.309 e. The van der Waals surface area contributed by atoms with Gasteiger partial charge in [0.05, 0.1) is 0 Å². The topological polar surface area (TPSA) is 0 Å². The maximum atomic E-state index is 2.39. The van der Waals surface area contributed by atoms with Crippen molar-refractivity contribution in [3.8, 4) is 22.3 Å². The molecule has 2 aliphatic rings. The Morgan fingerprint density at radius 2 is 0.689 bits per heavy atom. The molecule has 0 radical (unpaired) electrons. The highest BCUT2D eigenvalue weighted by Gasteiger charge is 2.43. The summed E-state index contributed by atoms with van der Waals surface area (Å²) in [7, 11) is 0. The third-order valence-corrected chi connectivity index (χ3v) is 10.6. The summed E-state index contributed by atoms with van der Waals surface area (Å²) in [6, 6.07) is 54.5. The van der Waals surface area contributed by atoms with Gasteiger partial charge in [-0.15, -0.1) is 0 Å². The van der Waals surface area contributed by atoms with E-state index in [0.29, 0.717) is 0 Å². The Balaban J connectivity index is 1.13. The molecule has 2 aliphatic heterocycles. The summed E-state index contributed by atoms with van der Waals surface area (Å²) in [4.78, 5) is 0. The first-order valence-corrected chi connectivity index (χ1v) is 16.1. The molecule has 0 aliphatic carbocycles. The van der Waals surface area contributed by atoms with Crippen LogP contribution < -0.4 is 0 Å². The lowest BCUT2D eigenvalue weighted by Crippen LogP contribution is -2.36. The maximum Gasteiger partial charge on any atom is 0.106 e. The lowest BCUT2D eigenvalue weighted by atomic mass is 9.88. The van der Waals surface area contributed by atoms with Gasteiger partial charge in [0.25, 0.3) is 0 Å². The molecule has 0 aromatic heterocycles. The third kappa shape index (κ3) is 3.71. The fourth-order valence-corrected chi connectivity index (χ4v) is 8.74. The first kappa shape index (κ1) is 25.1. The summed E-state index contributed by atoms with van der Waals surface area (Å²) in [6.07, 6.45) is 0. The minimum absolute atomic E-state index is 1.06. The van der Waals surface area contributed by atoms with E-state index in [1.807, 2.05) is 0 Å². The number of benzene rings is 8. The summed E-state index contributed by atoms with van der Waals surface area (Å²) < 4.78 is 1.07. The van der Waals surface area contributed by atoms with Gasteiger partial charge in [-0.1, -0.05) is 133 Å². The Morgan fingerprint density at radius 3 is 1.07 bits per heavy atom. The standard InChI is InChI=1S/C44H32N/c1-5-17-35-29(11-1)23-30-12-2-6-18-36(30)43(35)39-21-9-15-33-25-45(27-41(33)39)26-34-16-10-22-40(42(34)28-45)44-37-19-7-3-13-31(37)24-32-14-4-8-20-38(32)44/h1-24H,25-28H2/q+1. The molecule has 45 heavy (non-hydrogen) atoms. The van der Waals surface area contributed by atoms with Crippen LogP contribution in [0.15, 0.2) is 146 Å². The van der Waals surface area contributed by atoms with Crippen LogP contribution in [0.3, 0.4) is 0 Å². The van der Waals surface area contributed by atoms with E-state index in [-0.39, 0.29) is 0 Å². The second kappa shape index (κ2) is 9.38. The Bertz CT molecular complexity index is 2220. The molecule has 2 heterocycles. The normalized spacial score (nSPS) is 14.9. The molecule has 0 saturated carbocycles. The second-order valence-corrected chi connectivity index (χ2v) is 13.2. The number of hydrogen-bond donors (Lipinski definition) is 0. The van der Waals surface area contributed by atoms with E-state index in [1.54, 1.807) is 0 Å². The molecule has 1 heteroatoms. The van der Waals surface area contributed by atoms with Crippen LogP contribution in [0.5, 0.6) is 0 Å². The van der Waals surface area contributed by atoms with Crippen molar-refractivity contribution in [2.24, 2.45) is 0 Å². The van der Waals surface area contributed by atoms with Gasteiger partial charge in [0.2, 0.25) is 0 Å². The molecule has 0 saturated heterocycles. The fourth-order valence-electron chi connectivity index (χ4n) is 8.74. The van der Waals surface area contributed by atoms with Crippen molar-refractivity contribution in [1.29, 1.82) is 0 Å². The molecule has 0 N–H and O–H groups in total. The molecule has 1 spiro atoms. The average molecular weight is 575 g/mol. The fraction of sp³-hybridized carbons (Fsp3) is 0.0909. The van der Waals surface area contributed by atoms with Gasteiger partial charge in [0.15, 0.2) is 0 Å². The van der Waals surface area contributed by atoms with Gasteiger partial charge in [-0.25, -0.2) is 0 Å². The number of rotatable bonds is 2. The van der Waals surface area contributed by atoms with Crippen molar-refractivity contribution >= 4 is 43.1 Å². The van der Waals surface area contributed by atoms with Gasteiger partial charge < -0.3 is 4.48 Å². The molecule has 0 fully saturated rings. The first-order valence-electron chi connectivity index (χ1n) is 16.1. The van der Waals surface area contributed by atoms with E-state index < -0.39 is 0 Å². The highest BCUT2D eigenvalue weighted by Crippen LogP contribution is 2.48. The lowest BCUT2D eigenvalue weighted by Gasteiger charge is -2.29. The number of hydrogen-bond acceptors (Lipinski definition) is 0. The Kier molecular flexibility index (Phi) is 5.24. The zero-order valence-corrected chi connectivity index (χ0v) is 25.1. The van der Waals surface area contributed by atoms with E-state index in [4.69, 9.17) is 0 Å². The van der Waals surface area contributed by atoms with Crippen molar-refractivity contribution in [3.63, 3.8) is 0 Å². The molecule has 10 rings (SSSR count). The summed E-state index contributed by atoms with van der Waals surface area (Å²) in [5.74, 6) is 0. The van der Waals surface area contributed by atoms with Crippen LogP contribution in [0.2, 0.25) is 0 Å². The van der Waals surface area contributed by atoms with Crippen molar-refractivity contribution in [2.75, 3.05) is 0 Å². The van der Waals surface area contributed by atoms with E-state index in [1.165, 1.54) is 87.6 Å². The quantitative estimate of drug-likeness (QED) is 0.142. The predicted octanol–water partition coefficient (Wildman–Crippen LogP) is 11.2. The molecule has 8 aromatic carbocycles. The van der Waals surface area contributed by atoms with Gasteiger partial charge in [-0.3, -0.25) is 0 Å². The zero-order chi connectivity index (χ0) is 29.5. The van der Waals surface area contributed by atoms with E-state index >= 15 is 0 Å². The monoisotopic (exact) mass is 574 g/mol. The van der Waals surface area contributed by atoms with E-state index in [9.17, 15) is 0 Å². The lowest BCUT2D eigenvalue weighted by molar-refractivity contribution is -0.966. The molecular weight excluding hydrogens is 542 g/mol. The van der Waals surface area contributed by atoms with Gasteiger partial charge in [0.1, 0.15) is 26.2 Å². The maximum absolute atomic E-state index is 2.39. The summed E-state index contributed by atoms with van der Waals surface area (Å²) in [5, 5.41) is 10.6. The van der Waals surface area contributed by atoms with Gasteiger partial charge in [-0.05, 0) is 77.5 Å². The van der Waals surface area contributed by atoms with Crippen molar-refractivity contribution in [3.05, 3.63) is 168 Å². The van der Waals surface area contributed by atoms with Crippen molar-refractivity contribution < 1.29 is 4.48 Å². The minimum atomic E-state index is 1.06. The van der Waals surface area contributed by atoms with Crippen molar-refractivity contribution in [2.45, 2.75) is 26.2 Å². The van der Waals surface area contributed by atoms with Gasteiger partial charge in [0, 0.05) is 22.3 Å². The molecule has 0 atom stereocenters. The van der Waals surface area contributed by atoms with Crippen LogP contribution in [0.4, 0.5) is 0 Å². The number of quaternary nitrogens is 1. The first-order chi connectivity index (χ1) is 22.2. The van der Waals surface area contributed by atoms with Crippen LogP contribution in [-0.2, 0) is 26.2 Å². The predicted molar refractivity (Wildman–Crippen MR) is 189 cm³/mol. The molecule has 8 aromatic rings. The van der Waals surface area contributed by atoms with Crippen LogP contribution in [0.1, 0.15) is 22.3 Å². The third-order valence-electron chi connectivity index (χ3n) is 10.6. The van der Waals surface area contributed by atoms with E-state index in [2.05, 4.69) is 146 Å². The number of fused-ring (bicyclic) bond motifs is 6. The molecule has 0 bridgehead atoms. The highest BCUT2D eigenvalue weighted by atomic mass is 15.4. The Morgan fingerprint density at radius 1 is 0.333 bits per heavy atom. The second-order valence-electron chi connectivity index (χ2n) is 13.2. The van der Waals surface area contributed by atoms with Crippen LogP contribution >= 0.6 is 0 Å². The Labute approximate surface area is 263 Å². The molecular formula is C44H32N+. The number of nitrogens with zero attached hydrogens (tertiary/aromatic N) is 1. The SMILES string of the molecule is c1cc2c(c(-c3c4ccccc4cc4ccccc34)c1)C[N+]1(C2)Cc2cccc(-c3c4ccccc4cc4ccccc34)c2C1. The molecule has 1 nitrogen and oxygen atoms in total. The van der Waals surface area contributed by atoms with Gasteiger partial charge >= 0.3 is 0 Å². The van der Waals surface area contributed by atoms with Crippen LogP contribution in [-0.4, -0.2) is 4.48 Å². The summed E-state index contributed by atoms with van der Waals surface area (Å²) in [5.41, 5.74) is 11.7. The molecule has 212 valence electrons. The van der Waals surface area contributed by atoms with Gasteiger partial charge in [-0.2, -0.15) is 0 Å². The minimum Gasteiger partial charge on any atom is -0.309 e. The summed E-state index contributed by atoms with van der Waals surface area (Å²) >= 11 is 0. The zero-order valence-electron chi connectivity index (χ0n) is 25.1. The molecule has 0 amide bonds. The average Bonchev–Trinajstić information content (AvgIpc) is 3.64. The van der Waals surface area contributed by atoms with Crippen LogP contribution in [0, 0.1) is 0 Å². The summed E-state index contributed by atoms with van der Waals surface area (Å²) in [6.45, 7) is 4.29. The smallest absolute Gasteiger partial charge is 0.106 e. The van der Waals surface area contributed by atoms with Crippen molar-refractivity contribution in [1.82, 2.24) is 0 Å². The molecule has 0 unspecified atom stereocenters.